The molecule has 0 fully saturated rings. The van der Waals surface area contributed by atoms with E-state index >= 15 is 0 Å². The van der Waals surface area contributed by atoms with E-state index in [-0.39, 0.29) is 5.97 Å². The molecule has 0 atom stereocenters. The molecule has 1 rings (SSSR count). The number of methoxy groups -OCH3 is 1. The van der Waals surface area contributed by atoms with Crippen LogP contribution >= 0.6 is 15.9 Å². The minimum atomic E-state index is -0.434. The molecule has 0 aromatic heterocycles. The molecule has 0 aliphatic carbocycles. The number of halogens is 1. The maximum Gasteiger partial charge on any atom is 0.308 e. The van der Waals surface area contributed by atoms with Crippen LogP contribution in [-0.2, 0) is 9.53 Å². The summed E-state index contributed by atoms with van der Waals surface area (Å²) in [5.41, 5.74) is 0.464. The van der Waals surface area contributed by atoms with E-state index in [4.69, 9.17) is 9.47 Å². The summed E-state index contributed by atoms with van der Waals surface area (Å²) in [5.74, 6) is 0.552. The number of hydrogen-bond acceptors (Lipinski definition) is 4. The van der Waals surface area contributed by atoms with Gasteiger partial charge in [0.1, 0.15) is 11.4 Å². The van der Waals surface area contributed by atoms with E-state index in [1.54, 1.807) is 7.11 Å². The van der Waals surface area contributed by atoms with Gasteiger partial charge in [-0.3, -0.25) is 4.79 Å². The van der Waals surface area contributed by atoms with Crippen LogP contribution in [0.15, 0.2) is 22.7 Å². The summed E-state index contributed by atoms with van der Waals surface area (Å²) in [4.78, 5) is 11.5. The average Bonchev–Trinajstić information content (AvgIpc) is 2.25. The highest BCUT2D eigenvalue weighted by Crippen LogP contribution is 2.24. The number of esters is 1. The zero-order valence-corrected chi connectivity index (χ0v) is 13.3. The van der Waals surface area contributed by atoms with Crippen molar-refractivity contribution >= 4 is 27.6 Å². The van der Waals surface area contributed by atoms with Crippen molar-refractivity contribution in [1.82, 2.24) is 0 Å². The highest BCUT2D eigenvalue weighted by molar-refractivity contribution is 9.10. The minimum Gasteiger partial charge on any atom is -0.497 e. The molecule has 1 N–H and O–H groups in total. The van der Waals surface area contributed by atoms with E-state index in [0.717, 1.165) is 15.9 Å². The molecule has 19 heavy (non-hydrogen) atoms. The molecule has 106 valence electrons. The molecule has 0 unspecified atom stereocenters. The normalized spacial score (nSPS) is 11.0. The van der Waals surface area contributed by atoms with Crippen LogP contribution in [0.5, 0.6) is 5.75 Å². The first-order valence-electron chi connectivity index (χ1n) is 6.10. The number of ether oxygens (including phenoxy) is 2. The summed E-state index contributed by atoms with van der Waals surface area (Å²) in [6.45, 7) is 6.10. The molecular weight excluding hydrogens is 310 g/mol. The number of carbonyl (C=O) groups excluding carboxylic acids is 1. The van der Waals surface area contributed by atoms with Gasteiger partial charge in [0.15, 0.2) is 0 Å². The third-order valence-corrected chi connectivity index (χ3v) is 2.64. The second-order valence-corrected chi connectivity index (χ2v) is 6.06. The van der Waals surface area contributed by atoms with E-state index in [1.165, 1.54) is 0 Å². The van der Waals surface area contributed by atoms with Gasteiger partial charge >= 0.3 is 5.97 Å². The van der Waals surface area contributed by atoms with Gasteiger partial charge in [-0.15, -0.1) is 0 Å². The van der Waals surface area contributed by atoms with Crippen LogP contribution in [0.2, 0.25) is 0 Å². The van der Waals surface area contributed by atoms with Gasteiger partial charge < -0.3 is 14.8 Å². The zero-order valence-electron chi connectivity index (χ0n) is 11.7. The van der Waals surface area contributed by atoms with E-state index in [2.05, 4.69) is 21.2 Å². The Morgan fingerprint density at radius 3 is 2.58 bits per heavy atom. The molecule has 4 nitrogen and oxygen atoms in total. The molecule has 0 aliphatic heterocycles. The topological polar surface area (TPSA) is 47.6 Å². The van der Waals surface area contributed by atoms with Crippen LogP contribution in [-0.4, -0.2) is 25.2 Å². The first-order valence-corrected chi connectivity index (χ1v) is 6.90. The average molecular weight is 330 g/mol. The molecule has 0 heterocycles. The number of anilines is 1. The smallest absolute Gasteiger partial charge is 0.308 e. The lowest BCUT2D eigenvalue weighted by atomic mass is 10.2. The van der Waals surface area contributed by atoms with Crippen molar-refractivity contribution in [2.75, 3.05) is 19.0 Å². The standard InChI is InChI=1S/C14H20BrNO3/c1-14(2,3)19-13(17)5-6-16-11-7-10(15)8-12(9-11)18-4/h7-9,16H,5-6H2,1-4H3. The molecule has 0 saturated heterocycles. The summed E-state index contributed by atoms with van der Waals surface area (Å²) >= 11 is 3.40. The quantitative estimate of drug-likeness (QED) is 0.838. The monoisotopic (exact) mass is 329 g/mol. The highest BCUT2D eigenvalue weighted by Gasteiger charge is 2.15. The zero-order chi connectivity index (χ0) is 14.5. The fourth-order valence-corrected chi connectivity index (χ4v) is 1.96. The predicted molar refractivity (Wildman–Crippen MR) is 79.6 cm³/mol. The lowest BCUT2D eigenvalue weighted by molar-refractivity contribution is -0.154. The Bertz CT molecular complexity index is 441. The summed E-state index contributed by atoms with van der Waals surface area (Å²) in [6.07, 6.45) is 0.325. The molecule has 0 aliphatic rings. The maximum atomic E-state index is 11.5. The van der Waals surface area contributed by atoms with Gasteiger partial charge in [-0.1, -0.05) is 15.9 Å². The summed E-state index contributed by atoms with van der Waals surface area (Å²) in [6, 6.07) is 5.68. The van der Waals surface area contributed by atoms with Crippen molar-refractivity contribution in [2.45, 2.75) is 32.8 Å². The van der Waals surface area contributed by atoms with E-state index in [9.17, 15) is 4.79 Å². The molecule has 1 aromatic rings. The highest BCUT2D eigenvalue weighted by atomic mass is 79.9. The number of hydrogen-bond donors (Lipinski definition) is 1. The number of nitrogens with one attached hydrogen (secondary N) is 1. The van der Waals surface area contributed by atoms with Crippen LogP contribution in [0.1, 0.15) is 27.2 Å². The van der Waals surface area contributed by atoms with E-state index < -0.39 is 5.60 Å². The lowest BCUT2D eigenvalue weighted by Gasteiger charge is -2.19. The Morgan fingerprint density at radius 1 is 1.32 bits per heavy atom. The van der Waals surface area contributed by atoms with Gasteiger partial charge in [-0.2, -0.15) is 0 Å². The first kappa shape index (κ1) is 15.8. The molecule has 0 radical (unpaired) electrons. The molecule has 0 spiro atoms. The number of benzene rings is 1. The Balaban J connectivity index is 2.45. The molecule has 0 amide bonds. The molecule has 0 saturated carbocycles. The van der Waals surface area contributed by atoms with Gasteiger partial charge in [0.2, 0.25) is 0 Å². The summed E-state index contributed by atoms with van der Waals surface area (Å²) < 4.78 is 11.3. The Morgan fingerprint density at radius 2 is 2.00 bits per heavy atom. The van der Waals surface area contributed by atoms with Crippen molar-refractivity contribution in [3.8, 4) is 5.75 Å². The van der Waals surface area contributed by atoms with Crippen molar-refractivity contribution in [3.05, 3.63) is 22.7 Å². The van der Waals surface area contributed by atoms with Crippen molar-refractivity contribution in [3.63, 3.8) is 0 Å². The molecule has 5 heteroatoms. The van der Waals surface area contributed by atoms with Crippen LogP contribution in [0.3, 0.4) is 0 Å². The molecule has 0 bridgehead atoms. The van der Waals surface area contributed by atoms with Gasteiger partial charge in [0.25, 0.3) is 0 Å². The van der Waals surface area contributed by atoms with Crippen LogP contribution in [0, 0.1) is 0 Å². The van der Waals surface area contributed by atoms with Crippen molar-refractivity contribution < 1.29 is 14.3 Å². The van der Waals surface area contributed by atoms with Crippen molar-refractivity contribution in [1.29, 1.82) is 0 Å². The van der Waals surface area contributed by atoms with Crippen molar-refractivity contribution in [2.24, 2.45) is 0 Å². The third kappa shape index (κ3) is 6.47. The molecule has 1 aromatic carbocycles. The minimum absolute atomic E-state index is 0.207. The first-order chi connectivity index (χ1) is 8.80. The van der Waals surface area contributed by atoms with Crippen LogP contribution in [0.25, 0.3) is 0 Å². The third-order valence-electron chi connectivity index (χ3n) is 2.19. The summed E-state index contributed by atoms with van der Waals surface area (Å²) in [5, 5.41) is 3.17. The predicted octanol–water partition coefficient (Wildman–Crippen LogP) is 3.60. The van der Waals surface area contributed by atoms with Gasteiger partial charge in [0, 0.05) is 22.8 Å². The number of carbonyl (C=O) groups is 1. The summed E-state index contributed by atoms with van der Waals surface area (Å²) in [7, 11) is 1.62. The SMILES string of the molecule is COc1cc(Br)cc(NCCC(=O)OC(C)(C)C)c1. The lowest BCUT2D eigenvalue weighted by Crippen LogP contribution is -2.25. The van der Waals surface area contributed by atoms with E-state index in [0.29, 0.717) is 13.0 Å². The Labute approximate surface area is 122 Å². The second kappa shape index (κ2) is 6.80. The second-order valence-electron chi connectivity index (χ2n) is 5.14. The van der Waals surface area contributed by atoms with Gasteiger partial charge in [0.05, 0.1) is 13.5 Å². The Kier molecular flexibility index (Phi) is 5.66. The fraction of sp³-hybridized carbons (Fsp3) is 0.500. The number of rotatable bonds is 5. The molecular formula is C14H20BrNO3. The maximum absolute atomic E-state index is 11.5. The van der Waals surface area contributed by atoms with E-state index in [1.807, 2.05) is 39.0 Å². The van der Waals surface area contributed by atoms with Gasteiger partial charge in [-0.05, 0) is 32.9 Å². The fourth-order valence-electron chi connectivity index (χ4n) is 1.48. The Hall–Kier alpha value is -1.23. The van der Waals surface area contributed by atoms with Crippen LogP contribution < -0.4 is 10.1 Å². The van der Waals surface area contributed by atoms with Gasteiger partial charge in [-0.25, -0.2) is 0 Å². The largest absolute Gasteiger partial charge is 0.497 e. The van der Waals surface area contributed by atoms with Crippen LogP contribution in [0.4, 0.5) is 5.69 Å².